The monoisotopic (exact) mass is 214 g/mol. The summed E-state index contributed by atoms with van der Waals surface area (Å²) in [6.07, 6.45) is 1.90. The molecule has 1 rings (SSSR count). The molecule has 15 heavy (non-hydrogen) atoms. The van der Waals surface area contributed by atoms with E-state index >= 15 is 0 Å². The van der Waals surface area contributed by atoms with E-state index < -0.39 is 12.0 Å². The van der Waals surface area contributed by atoms with Gasteiger partial charge in [0.15, 0.2) is 0 Å². The first-order valence-corrected chi connectivity index (χ1v) is 5.57. The molecule has 2 N–H and O–H groups in total. The Labute approximate surface area is 91.6 Å². The highest BCUT2D eigenvalue weighted by molar-refractivity contribution is 5.73. The molecular formula is C11H22N2O2. The summed E-state index contributed by atoms with van der Waals surface area (Å²) in [5.74, 6) is -0.754. The normalized spacial score (nSPS) is 22.9. The van der Waals surface area contributed by atoms with Crippen LogP contribution in [0.1, 0.15) is 26.7 Å². The third-order valence-electron chi connectivity index (χ3n) is 3.14. The SMILES string of the molecule is CNC(CCN1CCC(C)(C)C1)C(=O)O. The highest BCUT2D eigenvalue weighted by atomic mass is 16.4. The second-order valence-electron chi connectivity index (χ2n) is 5.16. The fraction of sp³-hybridized carbons (Fsp3) is 0.909. The van der Waals surface area contributed by atoms with Crippen LogP contribution in [0, 0.1) is 5.41 Å². The van der Waals surface area contributed by atoms with Gasteiger partial charge in [-0.3, -0.25) is 4.79 Å². The summed E-state index contributed by atoms with van der Waals surface area (Å²) < 4.78 is 0. The minimum Gasteiger partial charge on any atom is -0.480 e. The quantitative estimate of drug-likeness (QED) is 0.710. The molecule has 1 saturated heterocycles. The lowest BCUT2D eigenvalue weighted by Crippen LogP contribution is -2.37. The molecule has 1 unspecified atom stereocenters. The van der Waals surface area contributed by atoms with Crippen LogP contribution in [-0.2, 0) is 4.79 Å². The Morgan fingerprint density at radius 1 is 1.60 bits per heavy atom. The number of nitrogens with one attached hydrogen (secondary N) is 1. The lowest BCUT2D eigenvalue weighted by atomic mass is 9.93. The van der Waals surface area contributed by atoms with Crippen molar-refractivity contribution in [3.8, 4) is 0 Å². The third kappa shape index (κ3) is 3.80. The van der Waals surface area contributed by atoms with E-state index in [0.29, 0.717) is 11.8 Å². The molecule has 1 aliphatic rings. The number of carbonyl (C=O) groups is 1. The molecule has 0 aliphatic carbocycles. The Balaban J connectivity index is 2.29. The summed E-state index contributed by atoms with van der Waals surface area (Å²) in [5.41, 5.74) is 0.401. The standard InChI is InChI=1S/C11H22N2O2/c1-11(2)5-7-13(8-11)6-4-9(12-3)10(14)15/h9,12H,4-8H2,1-3H3,(H,14,15). The molecule has 0 amide bonds. The van der Waals surface area contributed by atoms with E-state index in [-0.39, 0.29) is 0 Å². The Morgan fingerprint density at radius 2 is 2.27 bits per heavy atom. The van der Waals surface area contributed by atoms with Crippen LogP contribution >= 0.6 is 0 Å². The van der Waals surface area contributed by atoms with Gasteiger partial charge in [0, 0.05) is 13.1 Å². The van der Waals surface area contributed by atoms with Gasteiger partial charge in [-0.05, 0) is 31.8 Å². The molecule has 4 heteroatoms. The molecule has 88 valence electrons. The van der Waals surface area contributed by atoms with E-state index in [1.807, 2.05) is 0 Å². The van der Waals surface area contributed by atoms with Gasteiger partial charge in [0.1, 0.15) is 6.04 Å². The number of carboxylic acids is 1. The minimum absolute atomic E-state index is 0.401. The van der Waals surface area contributed by atoms with E-state index in [2.05, 4.69) is 24.1 Å². The van der Waals surface area contributed by atoms with E-state index in [1.165, 1.54) is 6.42 Å². The number of likely N-dealkylation sites (tertiary alicyclic amines) is 1. The number of aliphatic carboxylic acids is 1. The molecule has 0 saturated carbocycles. The zero-order valence-electron chi connectivity index (χ0n) is 9.92. The molecule has 4 nitrogen and oxygen atoms in total. The summed E-state index contributed by atoms with van der Waals surface area (Å²) in [4.78, 5) is 13.1. The second kappa shape index (κ2) is 4.94. The van der Waals surface area contributed by atoms with E-state index in [1.54, 1.807) is 7.05 Å². The topological polar surface area (TPSA) is 52.6 Å². The number of rotatable bonds is 5. The first-order valence-electron chi connectivity index (χ1n) is 5.57. The number of hydrogen-bond acceptors (Lipinski definition) is 3. The van der Waals surface area contributed by atoms with Gasteiger partial charge in [-0.25, -0.2) is 0 Å². The van der Waals surface area contributed by atoms with Crippen LogP contribution < -0.4 is 5.32 Å². The van der Waals surface area contributed by atoms with Crippen LogP contribution in [0.4, 0.5) is 0 Å². The molecule has 0 radical (unpaired) electrons. The van der Waals surface area contributed by atoms with Crippen molar-refractivity contribution in [1.29, 1.82) is 0 Å². The van der Waals surface area contributed by atoms with Crippen LogP contribution in [0.25, 0.3) is 0 Å². The first kappa shape index (κ1) is 12.5. The summed E-state index contributed by atoms with van der Waals surface area (Å²) >= 11 is 0. The molecular weight excluding hydrogens is 192 g/mol. The van der Waals surface area contributed by atoms with Crippen molar-refractivity contribution in [2.45, 2.75) is 32.7 Å². The second-order valence-corrected chi connectivity index (χ2v) is 5.16. The van der Waals surface area contributed by atoms with Crippen molar-refractivity contribution in [2.75, 3.05) is 26.7 Å². The van der Waals surface area contributed by atoms with Gasteiger partial charge in [-0.2, -0.15) is 0 Å². The fourth-order valence-corrected chi connectivity index (χ4v) is 2.12. The van der Waals surface area contributed by atoms with Gasteiger partial charge < -0.3 is 15.3 Å². The number of hydrogen-bond donors (Lipinski definition) is 2. The Morgan fingerprint density at radius 3 is 2.67 bits per heavy atom. The maximum atomic E-state index is 10.8. The lowest BCUT2D eigenvalue weighted by molar-refractivity contribution is -0.139. The van der Waals surface area contributed by atoms with E-state index in [0.717, 1.165) is 19.6 Å². The zero-order valence-corrected chi connectivity index (χ0v) is 9.92. The van der Waals surface area contributed by atoms with Crippen molar-refractivity contribution in [2.24, 2.45) is 5.41 Å². The molecule has 0 bridgehead atoms. The van der Waals surface area contributed by atoms with E-state index in [4.69, 9.17) is 5.11 Å². The van der Waals surface area contributed by atoms with Crippen LogP contribution in [-0.4, -0.2) is 48.7 Å². The van der Waals surface area contributed by atoms with Gasteiger partial charge >= 0.3 is 5.97 Å². The molecule has 1 fully saturated rings. The van der Waals surface area contributed by atoms with Gasteiger partial charge in [0.2, 0.25) is 0 Å². The van der Waals surface area contributed by atoms with Gasteiger partial charge in [-0.1, -0.05) is 13.8 Å². The zero-order chi connectivity index (χ0) is 11.5. The molecule has 0 aromatic carbocycles. The summed E-state index contributed by atoms with van der Waals surface area (Å²) in [5, 5.41) is 11.7. The Kier molecular flexibility index (Phi) is 4.11. The van der Waals surface area contributed by atoms with Crippen LogP contribution in [0.5, 0.6) is 0 Å². The fourth-order valence-electron chi connectivity index (χ4n) is 2.12. The molecule has 1 heterocycles. The van der Waals surface area contributed by atoms with Gasteiger partial charge in [0.25, 0.3) is 0 Å². The molecule has 0 aromatic rings. The van der Waals surface area contributed by atoms with Crippen molar-refractivity contribution in [3.63, 3.8) is 0 Å². The largest absolute Gasteiger partial charge is 0.480 e. The molecule has 0 aromatic heterocycles. The van der Waals surface area contributed by atoms with Crippen molar-refractivity contribution >= 4 is 5.97 Å². The Bertz CT molecular complexity index is 229. The predicted molar refractivity (Wildman–Crippen MR) is 59.9 cm³/mol. The van der Waals surface area contributed by atoms with Crippen LogP contribution in [0.15, 0.2) is 0 Å². The van der Waals surface area contributed by atoms with E-state index in [9.17, 15) is 4.79 Å². The summed E-state index contributed by atoms with van der Waals surface area (Å²) in [7, 11) is 1.70. The maximum absolute atomic E-state index is 10.8. The summed E-state index contributed by atoms with van der Waals surface area (Å²) in [6.45, 7) is 7.59. The summed E-state index contributed by atoms with van der Waals surface area (Å²) in [6, 6.07) is -0.409. The molecule has 0 spiro atoms. The highest BCUT2D eigenvalue weighted by Crippen LogP contribution is 2.28. The predicted octanol–water partition coefficient (Wildman–Crippen LogP) is 0.781. The van der Waals surface area contributed by atoms with Crippen molar-refractivity contribution in [1.82, 2.24) is 10.2 Å². The highest BCUT2D eigenvalue weighted by Gasteiger charge is 2.29. The number of carboxylic acid groups (broad SMARTS) is 1. The lowest BCUT2D eigenvalue weighted by Gasteiger charge is -2.21. The van der Waals surface area contributed by atoms with Crippen molar-refractivity contribution < 1.29 is 9.90 Å². The first-order chi connectivity index (χ1) is 6.94. The molecule has 1 atom stereocenters. The van der Waals surface area contributed by atoms with Gasteiger partial charge in [0.05, 0.1) is 0 Å². The average molecular weight is 214 g/mol. The smallest absolute Gasteiger partial charge is 0.320 e. The van der Waals surface area contributed by atoms with Crippen molar-refractivity contribution in [3.05, 3.63) is 0 Å². The Hall–Kier alpha value is -0.610. The minimum atomic E-state index is -0.754. The van der Waals surface area contributed by atoms with Crippen LogP contribution in [0.3, 0.4) is 0 Å². The van der Waals surface area contributed by atoms with Crippen LogP contribution in [0.2, 0.25) is 0 Å². The number of likely N-dealkylation sites (N-methyl/N-ethyl adjacent to an activating group) is 1. The average Bonchev–Trinajstić information content (AvgIpc) is 2.46. The number of nitrogens with zero attached hydrogens (tertiary/aromatic N) is 1. The van der Waals surface area contributed by atoms with Gasteiger partial charge in [-0.15, -0.1) is 0 Å². The maximum Gasteiger partial charge on any atom is 0.320 e. The third-order valence-corrected chi connectivity index (χ3v) is 3.14. The molecule has 1 aliphatic heterocycles.